The Kier molecular flexibility index (Phi) is 3.13. The summed E-state index contributed by atoms with van der Waals surface area (Å²) in [5.74, 6) is -0.489. The van der Waals surface area contributed by atoms with Crippen molar-refractivity contribution in [1.29, 1.82) is 0 Å². The molecule has 1 aromatic rings. The fraction of sp³-hybridized carbons (Fsp3) is 0.167. The van der Waals surface area contributed by atoms with Crippen molar-refractivity contribution in [2.24, 2.45) is 0 Å². The van der Waals surface area contributed by atoms with Gasteiger partial charge in [0.15, 0.2) is 0 Å². The van der Waals surface area contributed by atoms with E-state index in [0.29, 0.717) is 0 Å². The molecule has 0 aliphatic rings. The summed E-state index contributed by atoms with van der Waals surface area (Å²) in [7, 11) is 0. The summed E-state index contributed by atoms with van der Waals surface area (Å²) in [5, 5.41) is 10.4. The first kappa shape index (κ1) is 11.0. The van der Waals surface area contributed by atoms with E-state index in [-0.39, 0.29) is 3.57 Å². The number of nitrogens with two attached hydrogens (primary N) is 1. The summed E-state index contributed by atoms with van der Waals surface area (Å²) in [6, 6.07) is 0.944. The van der Waals surface area contributed by atoms with Gasteiger partial charge in [-0.15, -0.1) is 0 Å². The molecule has 0 aliphatic carbocycles. The SMILES string of the molecule is Nc1nc(C(F)F)cc(I)c1[N+](=O)[O-]. The second-order valence-corrected chi connectivity index (χ2v) is 3.48. The van der Waals surface area contributed by atoms with Crippen LogP contribution in [0.3, 0.4) is 0 Å². The molecule has 0 radical (unpaired) electrons. The lowest BCUT2D eigenvalue weighted by Crippen LogP contribution is -2.04. The van der Waals surface area contributed by atoms with Gasteiger partial charge < -0.3 is 5.73 Å². The fourth-order valence-electron chi connectivity index (χ4n) is 0.837. The van der Waals surface area contributed by atoms with Crippen LogP contribution in [0.4, 0.5) is 20.3 Å². The van der Waals surface area contributed by atoms with Crippen LogP contribution in [0, 0.1) is 13.7 Å². The summed E-state index contributed by atoms with van der Waals surface area (Å²) < 4.78 is 24.4. The van der Waals surface area contributed by atoms with Gasteiger partial charge in [-0.05, 0) is 28.7 Å². The molecule has 0 spiro atoms. The predicted octanol–water partition coefficient (Wildman–Crippen LogP) is 2.11. The van der Waals surface area contributed by atoms with Gasteiger partial charge in [-0.3, -0.25) is 10.1 Å². The second-order valence-electron chi connectivity index (χ2n) is 2.32. The minimum atomic E-state index is -2.79. The van der Waals surface area contributed by atoms with Crippen molar-refractivity contribution in [2.45, 2.75) is 6.43 Å². The van der Waals surface area contributed by atoms with Gasteiger partial charge in [0.2, 0.25) is 5.82 Å². The molecule has 0 aromatic carbocycles. The van der Waals surface area contributed by atoms with Gasteiger partial charge in [0.1, 0.15) is 5.69 Å². The standard InChI is InChI=1S/C6H4F2IN3O2/c7-5(8)3-1-2(9)4(12(13)14)6(10)11-3/h1,5H,(H2,10,11). The van der Waals surface area contributed by atoms with Crippen molar-refractivity contribution in [2.75, 3.05) is 5.73 Å². The number of alkyl halides is 2. The molecule has 5 nitrogen and oxygen atoms in total. The molecule has 1 heterocycles. The van der Waals surface area contributed by atoms with Gasteiger partial charge in [-0.2, -0.15) is 0 Å². The zero-order valence-corrected chi connectivity index (χ0v) is 8.73. The molecule has 76 valence electrons. The van der Waals surface area contributed by atoms with Crippen molar-refractivity contribution in [3.8, 4) is 0 Å². The Morgan fingerprint density at radius 2 is 2.21 bits per heavy atom. The number of anilines is 1. The number of hydrogen-bond acceptors (Lipinski definition) is 4. The van der Waals surface area contributed by atoms with Crippen LogP contribution in [0.15, 0.2) is 6.07 Å². The summed E-state index contributed by atoms with van der Waals surface area (Å²) in [4.78, 5) is 12.9. The number of nitrogens with zero attached hydrogens (tertiary/aromatic N) is 2. The molecule has 0 unspecified atom stereocenters. The van der Waals surface area contributed by atoms with Crippen LogP contribution < -0.4 is 5.73 Å². The third-order valence-electron chi connectivity index (χ3n) is 1.40. The maximum Gasteiger partial charge on any atom is 0.324 e. The second kappa shape index (κ2) is 3.98. The summed E-state index contributed by atoms with van der Waals surface area (Å²) in [6.07, 6.45) is -2.79. The lowest BCUT2D eigenvalue weighted by molar-refractivity contribution is -0.385. The molecule has 0 aliphatic heterocycles. The van der Waals surface area contributed by atoms with E-state index in [1.54, 1.807) is 22.6 Å². The molecule has 8 heteroatoms. The Bertz CT molecular complexity index is 362. The number of pyridine rings is 1. The smallest absolute Gasteiger partial charge is 0.324 e. The minimum absolute atomic E-state index is 0.0513. The van der Waals surface area contributed by atoms with Gasteiger partial charge in [0, 0.05) is 0 Å². The Balaban J connectivity index is 3.32. The zero-order chi connectivity index (χ0) is 10.9. The average Bonchev–Trinajstić information content (AvgIpc) is 2.01. The Morgan fingerprint density at radius 3 is 2.57 bits per heavy atom. The molecular formula is C6H4F2IN3O2. The lowest BCUT2D eigenvalue weighted by atomic mass is 10.3. The third kappa shape index (κ3) is 2.05. The first-order valence-electron chi connectivity index (χ1n) is 3.32. The molecule has 1 aromatic heterocycles. The molecule has 0 amide bonds. The fourth-order valence-corrected chi connectivity index (χ4v) is 1.63. The quantitative estimate of drug-likeness (QED) is 0.515. The van der Waals surface area contributed by atoms with Crippen molar-refractivity contribution >= 4 is 34.1 Å². The highest BCUT2D eigenvalue weighted by atomic mass is 127. The zero-order valence-electron chi connectivity index (χ0n) is 6.58. The number of hydrogen-bond donors (Lipinski definition) is 1. The van der Waals surface area contributed by atoms with Gasteiger partial charge in [-0.25, -0.2) is 13.8 Å². The highest BCUT2D eigenvalue weighted by Gasteiger charge is 2.22. The van der Waals surface area contributed by atoms with E-state index in [1.807, 2.05) is 0 Å². The third-order valence-corrected chi connectivity index (χ3v) is 2.22. The van der Waals surface area contributed by atoms with Gasteiger partial charge in [0.25, 0.3) is 6.43 Å². The Labute approximate surface area is 90.6 Å². The van der Waals surface area contributed by atoms with Gasteiger partial charge in [-0.1, -0.05) is 0 Å². The van der Waals surface area contributed by atoms with Gasteiger partial charge in [0.05, 0.1) is 8.49 Å². The highest BCUT2D eigenvalue weighted by molar-refractivity contribution is 14.1. The average molecular weight is 315 g/mol. The summed E-state index contributed by atoms with van der Waals surface area (Å²) in [5.41, 5.74) is 4.18. The van der Waals surface area contributed by atoms with Crippen LogP contribution in [-0.4, -0.2) is 9.91 Å². The van der Waals surface area contributed by atoms with E-state index in [9.17, 15) is 18.9 Å². The van der Waals surface area contributed by atoms with Crippen LogP contribution in [-0.2, 0) is 0 Å². The van der Waals surface area contributed by atoms with Crippen molar-refractivity contribution in [1.82, 2.24) is 4.98 Å². The van der Waals surface area contributed by atoms with E-state index < -0.39 is 28.5 Å². The number of nitro groups is 1. The Morgan fingerprint density at radius 1 is 1.64 bits per heavy atom. The molecule has 2 N–H and O–H groups in total. The minimum Gasteiger partial charge on any atom is -0.378 e. The van der Waals surface area contributed by atoms with E-state index in [2.05, 4.69) is 4.98 Å². The van der Waals surface area contributed by atoms with E-state index in [4.69, 9.17) is 5.73 Å². The first-order chi connectivity index (χ1) is 6.43. The number of rotatable bonds is 2. The maximum absolute atomic E-state index is 12.2. The van der Waals surface area contributed by atoms with E-state index >= 15 is 0 Å². The van der Waals surface area contributed by atoms with Crippen LogP contribution >= 0.6 is 22.6 Å². The Hall–Kier alpha value is -1.06. The van der Waals surface area contributed by atoms with Crippen LogP contribution in [0.5, 0.6) is 0 Å². The number of nitrogen functional groups attached to an aromatic ring is 1. The van der Waals surface area contributed by atoms with E-state index in [1.165, 1.54) is 0 Å². The molecule has 0 fully saturated rings. The lowest BCUT2D eigenvalue weighted by Gasteiger charge is -2.02. The number of aromatic nitrogens is 1. The monoisotopic (exact) mass is 315 g/mol. The first-order valence-corrected chi connectivity index (χ1v) is 4.39. The topological polar surface area (TPSA) is 82.0 Å². The molecule has 0 saturated heterocycles. The normalized spacial score (nSPS) is 10.6. The van der Waals surface area contributed by atoms with Crippen LogP contribution in [0.25, 0.3) is 0 Å². The van der Waals surface area contributed by atoms with Gasteiger partial charge >= 0.3 is 5.69 Å². The summed E-state index contributed by atoms with van der Waals surface area (Å²) in [6.45, 7) is 0. The molecule has 0 saturated carbocycles. The molecule has 14 heavy (non-hydrogen) atoms. The molecular weight excluding hydrogens is 311 g/mol. The van der Waals surface area contributed by atoms with Crippen LogP contribution in [0.2, 0.25) is 0 Å². The van der Waals surface area contributed by atoms with Crippen LogP contribution in [0.1, 0.15) is 12.1 Å². The predicted molar refractivity (Wildman–Crippen MR) is 53.0 cm³/mol. The maximum atomic E-state index is 12.2. The highest BCUT2D eigenvalue weighted by Crippen LogP contribution is 2.29. The summed E-state index contributed by atoms with van der Waals surface area (Å²) >= 11 is 1.57. The van der Waals surface area contributed by atoms with Crippen molar-refractivity contribution < 1.29 is 13.7 Å². The van der Waals surface area contributed by atoms with Crippen molar-refractivity contribution in [3.63, 3.8) is 0 Å². The molecule has 0 bridgehead atoms. The molecule has 0 atom stereocenters. The van der Waals surface area contributed by atoms with E-state index in [0.717, 1.165) is 6.07 Å². The van der Waals surface area contributed by atoms with Crippen molar-refractivity contribution in [3.05, 3.63) is 25.4 Å². The molecule has 1 rings (SSSR count). The largest absolute Gasteiger partial charge is 0.378 e. The number of halogens is 3.